The second-order valence-corrected chi connectivity index (χ2v) is 31.8. The van der Waals surface area contributed by atoms with Crippen molar-refractivity contribution in [3.05, 3.63) is 94.6 Å². The number of esters is 4. The van der Waals surface area contributed by atoms with E-state index in [2.05, 4.69) is 46.0 Å². The predicted molar refractivity (Wildman–Crippen MR) is 355 cm³/mol. The van der Waals surface area contributed by atoms with Gasteiger partial charge in [-0.25, -0.2) is 14.4 Å². The maximum Gasteiger partial charge on any atom is 0.408 e. The number of rotatable bonds is 23. The van der Waals surface area contributed by atoms with E-state index in [9.17, 15) is 24.3 Å². The quantitative estimate of drug-likeness (QED) is 0.0456. The zero-order valence-corrected chi connectivity index (χ0v) is 59.2. The Kier molecular flexibility index (Phi) is 21.6. The van der Waals surface area contributed by atoms with Gasteiger partial charge in [-0.1, -0.05) is 128 Å². The molecular formula is C77H109NO17. The van der Waals surface area contributed by atoms with Gasteiger partial charge in [-0.05, 0) is 161 Å². The molecule has 6 fully saturated rings. The van der Waals surface area contributed by atoms with Crippen LogP contribution < -0.4 is 5.32 Å². The lowest BCUT2D eigenvalue weighted by Crippen LogP contribution is -2.82. The Morgan fingerprint density at radius 3 is 2.18 bits per heavy atom. The molecule has 0 aromatic heterocycles. The van der Waals surface area contributed by atoms with Crippen LogP contribution in [0.3, 0.4) is 0 Å². The number of hydrogen-bond donors (Lipinski definition) is 2. The van der Waals surface area contributed by atoms with Crippen LogP contribution in [0.25, 0.3) is 0 Å². The van der Waals surface area contributed by atoms with Crippen LogP contribution in [0.1, 0.15) is 202 Å². The number of amides is 1. The van der Waals surface area contributed by atoms with E-state index in [4.69, 9.17) is 47.4 Å². The van der Waals surface area contributed by atoms with Gasteiger partial charge in [0.25, 0.3) is 0 Å². The van der Waals surface area contributed by atoms with Gasteiger partial charge >= 0.3 is 30.0 Å². The summed E-state index contributed by atoms with van der Waals surface area (Å²) in [6.07, 6.45) is 6.28. The minimum Gasteiger partial charge on any atom is -0.455 e. The first-order valence-corrected chi connectivity index (χ1v) is 35.3. The van der Waals surface area contributed by atoms with Crippen molar-refractivity contribution in [3.63, 3.8) is 0 Å². The van der Waals surface area contributed by atoms with Gasteiger partial charge in [0.15, 0.2) is 11.4 Å². The normalized spacial score (nSPS) is 35.5. The second kappa shape index (κ2) is 28.4. The van der Waals surface area contributed by atoms with Crippen LogP contribution in [0.5, 0.6) is 0 Å². The summed E-state index contributed by atoms with van der Waals surface area (Å²) >= 11 is 0. The van der Waals surface area contributed by atoms with E-state index in [1.165, 1.54) is 66.1 Å². The van der Waals surface area contributed by atoms with Crippen molar-refractivity contribution < 1.29 is 81.2 Å². The van der Waals surface area contributed by atoms with E-state index in [1.807, 2.05) is 0 Å². The molecule has 1 aliphatic heterocycles. The third-order valence-electron chi connectivity index (χ3n) is 24.6. The summed E-state index contributed by atoms with van der Waals surface area (Å²) in [5, 5.41) is 17.0. The molecule has 95 heavy (non-hydrogen) atoms. The maximum absolute atomic E-state index is 16.0. The average molecular weight is 1320 g/mol. The number of allylic oxidation sites excluding steroid dienone is 1. The van der Waals surface area contributed by atoms with E-state index in [1.54, 1.807) is 115 Å². The number of carbonyl (C=O) groups is 6. The first-order valence-electron chi connectivity index (χ1n) is 35.3. The molecule has 7 aliphatic carbocycles. The molecule has 10 rings (SSSR count). The second-order valence-electron chi connectivity index (χ2n) is 31.8. The number of hydrogen-bond acceptors (Lipinski definition) is 17. The number of nitrogens with one attached hydrogen (secondary N) is 1. The smallest absolute Gasteiger partial charge is 0.408 e. The summed E-state index contributed by atoms with van der Waals surface area (Å²) in [6.45, 7) is 25.7. The number of methoxy groups -OCH3 is 2. The van der Waals surface area contributed by atoms with Crippen molar-refractivity contribution in [3.8, 4) is 0 Å². The first kappa shape index (κ1) is 72.2. The Labute approximate surface area is 563 Å². The van der Waals surface area contributed by atoms with Crippen molar-refractivity contribution in [1.82, 2.24) is 5.32 Å². The van der Waals surface area contributed by atoms with Gasteiger partial charge in [0.2, 0.25) is 6.10 Å². The molecule has 0 radical (unpaired) electrons. The minimum atomic E-state index is -2.30. The standard InChI is InChI=1S/C77H109NO17/c1-45(2)23-22-24-46(3)54-31-32-55-53-30-29-51-41-52(33-36-73(51,11)56(53)34-37-74(54,55)12)89-40-39-88-38-35-60(80)92-64(62(49-25-18-16-19-26-49)78-70(84)95-71(6,7)8)69(83)91-57-43-77(85)67(93-68(82)50-27-20-17-21-28-50)65-75(13,66(81)63(87-15)61(47(57)4)72(77,9)10)58(86-14)42-59-76(65,44-90-59)94-48(5)79/h16-21,25-29,45-46,52-59,62-65,67,85H,22-24,30-44H2,1-15H3,(H,78,84)/t46-,52+,53?,54-,55?,56?,57+,58+,59-,62+,63-,64-,65+,67+,73+,74-,75-,76+,77-/m1/s1. The lowest BCUT2D eigenvalue weighted by molar-refractivity contribution is -0.347. The fourth-order valence-corrected chi connectivity index (χ4v) is 19.7. The van der Waals surface area contributed by atoms with Crippen LogP contribution in [0.2, 0.25) is 0 Å². The third kappa shape index (κ3) is 13.7. The van der Waals surface area contributed by atoms with Gasteiger partial charge in [0.05, 0.1) is 62.0 Å². The van der Waals surface area contributed by atoms with E-state index in [0.29, 0.717) is 29.1 Å². The van der Waals surface area contributed by atoms with Crippen LogP contribution in [0.4, 0.5) is 4.79 Å². The van der Waals surface area contributed by atoms with Gasteiger partial charge in [0.1, 0.15) is 41.7 Å². The van der Waals surface area contributed by atoms with Crippen LogP contribution in [-0.2, 0) is 66.5 Å². The average Bonchev–Trinajstić information content (AvgIpc) is 0.942. The number of alkyl carbamates (subject to hydrolysis) is 1. The molecule has 18 heteroatoms. The number of aliphatic hydroxyl groups is 1. The lowest BCUT2D eigenvalue weighted by Gasteiger charge is -2.67. The molecular weight excluding hydrogens is 1210 g/mol. The molecule has 5 saturated carbocycles. The molecule has 2 aromatic rings. The van der Waals surface area contributed by atoms with E-state index < -0.39 is 118 Å². The maximum atomic E-state index is 16.0. The molecule has 2 N–H and O–H groups in total. The minimum absolute atomic E-state index is 0.0623. The number of ketones is 1. The van der Waals surface area contributed by atoms with Gasteiger partial charge in [-0.3, -0.25) is 14.4 Å². The molecule has 2 bridgehead atoms. The zero-order valence-electron chi connectivity index (χ0n) is 59.2. The number of fused-ring (bicyclic) bond motifs is 10. The Morgan fingerprint density at radius 2 is 1.54 bits per heavy atom. The molecule has 2 aromatic carbocycles. The molecule has 1 heterocycles. The highest BCUT2D eigenvalue weighted by Crippen LogP contribution is 2.69. The van der Waals surface area contributed by atoms with E-state index in [-0.39, 0.29) is 55.3 Å². The Hall–Kier alpha value is -5.50. The first-order chi connectivity index (χ1) is 44.9. The number of ether oxygens (including phenoxy) is 10. The van der Waals surface area contributed by atoms with Crippen molar-refractivity contribution in [2.24, 2.45) is 63.1 Å². The molecule has 3 unspecified atom stereocenters. The summed E-state index contributed by atoms with van der Waals surface area (Å²) in [6, 6.07) is 15.2. The molecule has 8 aliphatic rings. The van der Waals surface area contributed by atoms with Crippen molar-refractivity contribution in [1.29, 1.82) is 0 Å². The summed E-state index contributed by atoms with van der Waals surface area (Å²) < 4.78 is 62.6. The monoisotopic (exact) mass is 1320 g/mol. The van der Waals surface area contributed by atoms with Crippen molar-refractivity contribution in [2.45, 2.75) is 245 Å². The summed E-state index contributed by atoms with van der Waals surface area (Å²) in [7, 11) is 2.81. The van der Waals surface area contributed by atoms with Crippen LogP contribution in [0, 0.1) is 63.1 Å². The van der Waals surface area contributed by atoms with Gasteiger partial charge in [-0.15, -0.1) is 0 Å². The number of benzene rings is 2. The number of Topliss-reactive ketones (excluding diaryl/α,β-unsaturated/α-hetero) is 1. The molecule has 1 saturated heterocycles. The summed E-state index contributed by atoms with van der Waals surface area (Å²) in [5.41, 5.74) is -4.98. The van der Waals surface area contributed by atoms with Crippen LogP contribution in [0.15, 0.2) is 83.5 Å². The molecule has 18 nitrogen and oxygen atoms in total. The fraction of sp³-hybridized carbons (Fsp3) is 0.714. The van der Waals surface area contributed by atoms with Crippen molar-refractivity contribution >= 4 is 35.8 Å². The van der Waals surface area contributed by atoms with E-state index in [0.717, 1.165) is 55.3 Å². The molecule has 524 valence electrons. The highest BCUT2D eigenvalue weighted by Gasteiger charge is 2.78. The highest BCUT2D eigenvalue weighted by molar-refractivity contribution is 5.94. The summed E-state index contributed by atoms with van der Waals surface area (Å²) in [4.78, 5) is 87.9. The van der Waals surface area contributed by atoms with E-state index >= 15 is 9.59 Å². The van der Waals surface area contributed by atoms with Crippen LogP contribution >= 0.6 is 0 Å². The topological polar surface area (TPSA) is 227 Å². The summed E-state index contributed by atoms with van der Waals surface area (Å²) in [5.74, 6) is -0.830. The fourth-order valence-electron chi connectivity index (χ4n) is 19.7. The highest BCUT2D eigenvalue weighted by atomic mass is 16.6. The largest absolute Gasteiger partial charge is 0.455 e. The Balaban J connectivity index is 0.872. The third-order valence-corrected chi connectivity index (χ3v) is 24.6. The zero-order chi connectivity index (χ0) is 68.8. The van der Waals surface area contributed by atoms with Gasteiger partial charge in [0, 0.05) is 39.4 Å². The van der Waals surface area contributed by atoms with Gasteiger partial charge < -0.3 is 57.8 Å². The van der Waals surface area contributed by atoms with Crippen molar-refractivity contribution in [2.75, 3.05) is 40.6 Å². The molecule has 19 atom stereocenters. The molecule has 1 amide bonds. The number of carbonyl (C=O) groups excluding carboxylic acids is 6. The lowest BCUT2D eigenvalue weighted by atomic mass is 9.44. The van der Waals surface area contributed by atoms with Crippen LogP contribution in [-0.4, -0.2) is 141 Å². The van der Waals surface area contributed by atoms with Gasteiger partial charge in [-0.2, -0.15) is 0 Å². The SMILES string of the molecule is CO[C@H]1C(=O)[C@]2(C)[C@@H](OC)C[C@H]3OC[C@@]3(OC(C)=O)[C@H]2[C@H](OC(=O)c2ccccc2)[C@]2(O)C[C@H](OC(=O)[C@H](OC(=O)CCOCCO[C@H]3CC[C@@]4(C)C(=CCC5C4CC[C@@]4(C)C5CC[C@@H]4[C@H](C)CCCC(C)C)C3)[C@@H](NC(=O)OC(C)(C)C)c3ccccc3)C(C)=C1C2(C)C. The Morgan fingerprint density at radius 1 is 0.832 bits per heavy atom. The predicted octanol–water partition coefficient (Wildman–Crippen LogP) is 13.0. The molecule has 0 spiro atoms. The Bertz CT molecular complexity index is 3170.